The van der Waals surface area contributed by atoms with Crippen LogP contribution in [0.1, 0.15) is 17.4 Å². The van der Waals surface area contributed by atoms with E-state index >= 15 is 0 Å². The van der Waals surface area contributed by atoms with Crippen molar-refractivity contribution in [3.05, 3.63) is 60.0 Å². The Balaban J connectivity index is 2.24. The summed E-state index contributed by atoms with van der Waals surface area (Å²) < 4.78 is 13.4. The number of benzene rings is 1. The Morgan fingerprint density at radius 1 is 1.11 bits per heavy atom. The summed E-state index contributed by atoms with van der Waals surface area (Å²) in [6.45, 7) is 1.87. The van der Waals surface area contributed by atoms with Gasteiger partial charge >= 0.3 is 0 Å². The van der Waals surface area contributed by atoms with Crippen LogP contribution in [0.3, 0.4) is 0 Å². The molecule has 1 aromatic carbocycles. The highest BCUT2D eigenvalue weighted by molar-refractivity contribution is 5.58. The quantitative estimate of drug-likeness (QED) is 0.840. The van der Waals surface area contributed by atoms with Crippen molar-refractivity contribution in [3.8, 4) is 11.3 Å². The van der Waals surface area contributed by atoms with E-state index in [0.717, 1.165) is 23.0 Å². The summed E-state index contributed by atoms with van der Waals surface area (Å²) >= 11 is 0. The Morgan fingerprint density at radius 2 is 1.83 bits per heavy atom. The average molecular weight is 244 g/mol. The van der Waals surface area contributed by atoms with Crippen molar-refractivity contribution in [2.75, 3.05) is 0 Å². The molecule has 0 spiro atoms. The van der Waals surface area contributed by atoms with Crippen LogP contribution in [0.15, 0.2) is 48.7 Å². The lowest BCUT2D eigenvalue weighted by molar-refractivity contribution is 0.396. The summed E-state index contributed by atoms with van der Waals surface area (Å²) in [7, 11) is 0. The average Bonchev–Trinajstić information content (AvgIpc) is 2.40. The number of allylic oxidation sites excluding steroid dienone is 1. The zero-order valence-corrected chi connectivity index (χ0v) is 9.92. The molecule has 0 radical (unpaired) electrons. The molecule has 1 N–H and O–H groups in total. The van der Waals surface area contributed by atoms with Crippen LogP contribution in [0, 0.1) is 6.92 Å². The van der Waals surface area contributed by atoms with E-state index in [1.165, 1.54) is 0 Å². The van der Waals surface area contributed by atoms with Crippen molar-refractivity contribution >= 4 is 0 Å². The van der Waals surface area contributed by atoms with Crippen LogP contribution in [-0.4, -0.2) is 15.3 Å². The number of alkyl halides is 1. The van der Waals surface area contributed by atoms with E-state index in [4.69, 9.17) is 5.11 Å². The maximum atomic E-state index is 13.4. The molecule has 1 aromatic heterocycles. The Morgan fingerprint density at radius 3 is 2.39 bits per heavy atom. The van der Waals surface area contributed by atoms with Crippen LogP contribution in [-0.2, 0) is 0 Å². The summed E-state index contributed by atoms with van der Waals surface area (Å²) in [5, 5.41) is 16.6. The normalized spacial score (nSPS) is 12.8. The summed E-state index contributed by atoms with van der Waals surface area (Å²) in [6.07, 6.45) is 0.498. The van der Waals surface area contributed by atoms with Crippen LogP contribution in [0.25, 0.3) is 11.3 Å². The van der Waals surface area contributed by atoms with Crippen molar-refractivity contribution in [2.45, 2.75) is 13.1 Å². The van der Waals surface area contributed by atoms with Gasteiger partial charge in [-0.3, -0.25) is 0 Å². The van der Waals surface area contributed by atoms with E-state index in [0.29, 0.717) is 11.8 Å². The van der Waals surface area contributed by atoms with Crippen LogP contribution < -0.4 is 0 Å². The Bertz CT molecular complexity index is 535. The summed E-state index contributed by atoms with van der Waals surface area (Å²) in [6, 6.07) is 10.7. The number of hydrogen-bond donors (Lipinski definition) is 1. The minimum absolute atomic E-state index is 0.490. The summed E-state index contributed by atoms with van der Waals surface area (Å²) in [5.41, 5.74) is 2.98. The number of halogens is 1. The van der Waals surface area contributed by atoms with Gasteiger partial charge in [-0.25, -0.2) is 4.39 Å². The third-order valence-corrected chi connectivity index (χ3v) is 2.58. The van der Waals surface area contributed by atoms with Crippen molar-refractivity contribution in [1.29, 1.82) is 0 Å². The monoisotopic (exact) mass is 244 g/mol. The highest BCUT2D eigenvalue weighted by Gasteiger charge is 2.06. The minimum Gasteiger partial charge on any atom is -0.516 e. The molecular weight excluding hydrogens is 231 g/mol. The van der Waals surface area contributed by atoms with Gasteiger partial charge in [-0.2, -0.15) is 10.2 Å². The molecule has 3 nitrogen and oxygen atoms in total. The van der Waals surface area contributed by atoms with E-state index < -0.39 is 6.17 Å². The standard InChI is InChI=1S/C14H13FN2O/c1-10-2-7-14(17-16-10)12-5-3-11(4-6-12)13(15)8-9-18/h2-9,13,18H,1H3/b9-8-. The molecular formula is C14H13FN2O. The number of aliphatic hydroxyl groups is 1. The summed E-state index contributed by atoms with van der Waals surface area (Å²) in [5.74, 6) is 0. The van der Waals surface area contributed by atoms with Gasteiger partial charge in [0.2, 0.25) is 0 Å². The van der Waals surface area contributed by atoms with Gasteiger partial charge < -0.3 is 5.11 Å². The zero-order chi connectivity index (χ0) is 13.0. The van der Waals surface area contributed by atoms with Crippen LogP contribution in [0.5, 0.6) is 0 Å². The topological polar surface area (TPSA) is 46.0 Å². The molecule has 0 aliphatic heterocycles. The molecule has 0 bridgehead atoms. The van der Waals surface area contributed by atoms with Gasteiger partial charge in [-0.05, 0) is 30.7 Å². The van der Waals surface area contributed by atoms with E-state index in [1.54, 1.807) is 24.3 Å². The molecule has 2 rings (SSSR count). The van der Waals surface area contributed by atoms with Crippen LogP contribution >= 0.6 is 0 Å². The van der Waals surface area contributed by atoms with E-state index in [1.807, 2.05) is 19.1 Å². The number of nitrogens with zero attached hydrogens (tertiary/aromatic N) is 2. The predicted octanol–water partition coefficient (Wildman–Crippen LogP) is 3.53. The van der Waals surface area contributed by atoms with Gasteiger partial charge in [0, 0.05) is 5.56 Å². The lowest BCUT2D eigenvalue weighted by Crippen LogP contribution is -1.91. The third kappa shape index (κ3) is 2.71. The lowest BCUT2D eigenvalue weighted by Gasteiger charge is -2.05. The first-order chi connectivity index (χ1) is 8.70. The number of rotatable bonds is 3. The van der Waals surface area contributed by atoms with Gasteiger partial charge in [0.25, 0.3) is 0 Å². The molecule has 0 saturated heterocycles. The molecule has 18 heavy (non-hydrogen) atoms. The molecule has 4 heteroatoms. The van der Waals surface area contributed by atoms with E-state index in [-0.39, 0.29) is 0 Å². The molecule has 0 fully saturated rings. The predicted molar refractivity (Wildman–Crippen MR) is 67.8 cm³/mol. The second kappa shape index (κ2) is 5.40. The summed E-state index contributed by atoms with van der Waals surface area (Å²) in [4.78, 5) is 0. The van der Waals surface area contributed by atoms with E-state index in [2.05, 4.69) is 10.2 Å². The molecule has 92 valence electrons. The van der Waals surface area contributed by atoms with Crippen molar-refractivity contribution in [3.63, 3.8) is 0 Å². The Hall–Kier alpha value is -2.23. The second-order valence-corrected chi connectivity index (χ2v) is 3.93. The highest BCUT2D eigenvalue weighted by atomic mass is 19.1. The number of aliphatic hydroxyl groups excluding tert-OH is 1. The van der Waals surface area contributed by atoms with Gasteiger partial charge in [-0.1, -0.05) is 24.3 Å². The van der Waals surface area contributed by atoms with E-state index in [9.17, 15) is 4.39 Å². The molecule has 0 aliphatic rings. The van der Waals surface area contributed by atoms with Gasteiger partial charge in [0.05, 0.1) is 17.6 Å². The fourth-order valence-corrected chi connectivity index (χ4v) is 1.58. The first-order valence-electron chi connectivity index (χ1n) is 5.56. The largest absolute Gasteiger partial charge is 0.516 e. The molecule has 0 amide bonds. The SMILES string of the molecule is Cc1ccc(-c2ccc(C(F)/C=C\O)cc2)nn1. The van der Waals surface area contributed by atoms with Crippen LogP contribution in [0.2, 0.25) is 0 Å². The van der Waals surface area contributed by atoms with Crippen molar-refractivity contribution in [1.82, 2.24) is 10.2 Å². The van der Waals surface area contributed by atoms with Gasteiger partial charge in [-0.15, -0.1) is 0 Å². The second-order valence-electron chi connectivity index (χ2n) is 3.93. The molecule has 1 heterocycles. The third-order valence-electron chi connectivity index (χ3n) is 2.58. The molecule has 1 atom stereocenters. The maximum Gasteiger partial charge on any atom is 0.147 e. The lowest BCUT2D eigenvalue weighted by atomic mass is 10.1. The number of aryl methyl sites for hydroxylation is 1. The highest BCUT2D eigenvalue weighted by Crippen LogP contribution is 2.22. The Labute approximate surface area is 105 Å². The van der Waals surface area contributed by atoms with Crippen molar-refractivity contribution in [2.24, 2.45) is 0 Å². The van der Waals surface area contributed by atoms with Gasteiger partial charge in [0.15, 0.2) is 0 Å². The fraction of sp³-hybridized carbons (Fsp3) is 0.143. The molecule has 0 saturated carbocycles. The molecule has 1 unspecified atom stereocenters. The number of hydrogen-bond acceptors (Lipinski definition) is 3. The molecule has 0 aliphatic carbocycles. The first-order valence-corrected chi connectivity index (χ1v) is 5.56. The Kier molecular flexibility index (Phi) is 3.67. The smallest absolute Gasteiger partial charge is 0.147 e. The van der Waals surface area contributed by atoms with Gasteiger partial charge in [0.1, 0.15) is 6.17 Å². The maximum absolute atomic E-state index is 13.4. The fourth-order valence-electron chi connectivity index (χ4n) is 1.58. The molecule has 2 aromatic rings. The first kappa shape index (κ1) is 12.2. The zero-order valence-electron chi connectivity index (χ0n) is 9.92. The van der Waals surface area contributed by atoms with Crippen molar-refractivity contribution < 1.29 is 9.50 Å². The van der Waals surface area contributed by atoms with Crippen LogP contribution in [0.4, 0.5) is 4.39 Å². The minimum atomic E-state index is -1.30. The number of aromatic nitrogens is 2.